The molecular formula is C11H17NO5S2. The third-order valence-corrected chi connectivity index (χ3v) is 5.89. The summed E-state index contributed by atoms with van der Waals surface area (Å²) in [5, 5.41) is 18.7. The highest BCUT2D eigenvalue weighted by molar-refractivity contribution is 7.91. The first-order valence-electron chi connectivity index (χ1n) is 5.61. The van der Waals surface area contributed by atoms with Crippen molar-refractivity contribution in [1.29, 1.82) is 0 Å². The van der Waals surface area contributed by atoms with Gasteiger partial charge in [-0.25, -0.2) is 17.9 Å². The smallest absolute Gasteiger partial charge is 0.345 e. The van der Waals surface area contributed by atoms with Gasteiger partial charge in [0.2, 0.25) is 10.0 Å². The number of aliphatic hydroxyl groups is 1. The number of hydrogen-bond donors (Lipinski definition) is 3. The first kappa shape index (κ1) is 16.1. The maximum absolute atomic E-state index is 11.9. The zero-order valence-corrected chi connectivity index (χ0v) is 12.5. The van der Waals surface area contributed by atoms with Gasteiger partial charge in [-0.3, -0.25) is 0 Å². The van der Waals surface area contributed by atoms with Gasteiger partial charge in [0.1, 0.15) is 9.09 Å². The molecule has 0 aliphatic rings. The van der Waals surface area contributed by atoms with E-state index in [2.05, 4.69) is 4.72 Å². The van der Waals surface area contributed by atoms with Crippen LogP contribution in [-0.2, 0) is 10.0 Å². The molecule has 0 fully saturated rings. The second-order valence-electron chi connectivity index (χ2n) is 4.76. The van der Waals surface area contributed by atoms with Gasteiger partial charge in [-0.2, -0.15) is 0 Å². The summed E-state index contributed by atoms with van der Waals surface area (Å²) in [6, 6.07) is 2.47. The quantitative estimate of drug-likeness (QED) is 0.731. The summed E-state index contributed by atoms with van der Waals surface area (Å²) in [4.78, 5) is 10.7. The number of carboxylic acid groups (broad SMARTS) is 1. The molecule has 1 aromatic heterocycles. The summed E-state index contributed by atoms with van der Waals surface area (Å²) >= 11 is 0.675. The Morgan fingerprint density at radius 2 is 2.05 bits per heavy atom. The van der Waals surface area contributed by atoms with E-state index in [9.17, 15) is 18.3 Å². The third-order valence-electron chi connectivity index (χ3n) is 2.92. The van der Waals surface area contributed by atoms with Crippen molar-refractivity contribution in [3.63, 3.8) is 0 Å². The molecule has 1 heterocycles. The highest BCUT2D eigenvalue weighted by atomic mass is 32.2. The van der Waals surface area contributed by atoms with Gasteiger partial charge in [-0.15, -0.1) is 11.3 Å². The Labute approximate surface area is 116 Å². The van der Waals surface area contributed by atoms with Crippen molar-refractivity contribution in [3.05, 3.63) is 17.0 Å². The van der Waals surface area contributed by atoms with Crippen LogP contribution in [0.15, 0.2) is 16.3 Å². The van der Waals surface area contributed by atoms with E-state index in [1.54, 1.807) is 13.8 Å². The maximum atomic E-state index is 11.9. The van der Waals surface area contributed by atoms with Crippen LogP contribution in [0.5, 0.6) is 0 Å². The molecular weight excluding hydrogens is 290 g/mol. The van der Waals surface area contributed by atoms with Crippen molar-refractivity contribution in [1.82, 2.24) is 4.72 Å². The van der Waals surface area contributed by atoms with E-state index in [0.717, 1.165) is 0 Å². The molecule has 108 valence electrons. The standard InChI is InChI=1S/C11H17NO5S2/c1-7(2)11(3,15)6-12-19(16,17)9-5-4-8(18-9)10(13)14/h4-5,7,12,15H,6H2,1-3H3,(H,13,14). The normalized spacial score (nSPS) is 15.4. The topological polar surface area (TPSA) is 104 Å². The first-order valence-corrected chi connectivity index (χ1v) is 7.91. The van der Waals surface area contributed by atoms with Gasteiger partial charge < -0.3 is 10.2 Å². The fraction of sp³-hybridized carbons (Fsp3) is 0.545. The lowest BCUT2D eigenvalue weighted by atomic mass is 9.93. The van der Waals surface area contributed by atoms with Crippen molar-refractivity contribution in [2.24, 2.45) is 5.92 Å². The Balaban J connectivity index is 2.84. The van der Waals surface area contributed by atoms with Gasteiger partial charge >= 0.3 is 5.97 Å². The minimum Gasteiger partial charge on any atom is -0.477 e. The van der Waals surface area contributed by atoms with Gasteiger partial charge in [-0.1, -0.05) is 13.8 Å². The average Bonchev–Trinajstić information content (AvgIpc) is 2.76. The van der Waals surface area contributed by atoms with E-state index in [0.29, 0.717) is 11.3 Å². The highest BCUT2D eigenvalue weighted by Gasteiger charge is 2.28. The number of hydrogen-bond acceptors (Lipinski definition) is 5. The Morgan fingerprint density at radius 3 is 2.47 bits per heavy atom. The Kier molecular flexibility index (Phi) is 4.72. The number of thiophene rings is 1. The predicted octanol–water partition coefficient (Wildman–Crippen LogP) is 1.13. The van der Waals surface area contributed by atoms with E-state index < -0.39 is 21.6 Å². The molecule has 0 saturated heterocycles. The zero-order chi connectivity index (χ0) is 14.8. The number of aromatic carboxylic acids is 1. The molecule has 0 aliphatic heterocycles. The molecule has 1 aromatic rings. The molecule has 8 heteroatoms. The summed E-state index contributed by atoms with van der Waals surface area (Å²) < 4.78 is 26.1. The summed E-state index contributed by atoms with van der Waals surface area (Å²) in [6.45, 7) is 4.97. The van der Waals surface area contributed by atoms with Gasteiger partial charge in [0.25, 0.3) is 0 Å². The minimum atomic E-state index is -3.79. The Hall–Kier alpha value is -0.960. The van der Waals surface area contributed by atoms with Crippen molar-refractivity contribution in [2.45, 2.75) is 30.6 Å². The van der Waals surface area contributed by atoms with Gasteiger partial charge in [0, 0.05) is 6.54 Å². The van der Waals surface area contributed by atoms with Crippen molar-refractivity contribution < 1.29 is 23.4 Å². The van der Waals surface area contributed by atoms with Crippen LogP contribution < -0.4 is 4.72 Å². The Morgan fingerprint density at radius 1 is 1.47 bits per heavy atom. The van der Waals surface area contributed by atoms with Crippen LogP contribution in [0, 0.1) is 5.92 Å². The number of sulfonamides is 1. The van der Waals surface area contributed by atoms with E-state index in [4.69, 9.17) is 5.11 Å². The third kappa shape index (κ3) is 4.00. The average molecular weight is 307 g/mol. The van der Waals surface area contributed by atoms with Crippen LogP contribution in [-0.4, -0.2) is 36.7 Å². The molecule has 1 unspecified atom stereocenters. The first-order chi connectivity index (χ1) is 8.56. The molecule has 6 nitrogen and oxygen atoms in total. The van der Waals surface area contributed by atoms with Crippen LogP contribution in [0.4, 0.5) is 0 Å². The molecule has 19 heavy (non-hydrogen) atoms. The summed E-state index contributed by atoms with van der Waals surface area (Å²) in [7, 11) is -3.79. The number of nitrogens with one attached hydrogen (secondary N) is 1. The van der Waals surface area contributed by atoms with Gasteiger partial charge in [-0.05, 0) is 25.0 Å². The SMILES string of the molecule is CC(C)C(C)(O)CNS(=O)(=O)c1ccc(C(=O)O)s1. The van der Waals surface area contributed by atoms with E-state index in [1.807, 2.05) is 0 Å². The second-order valence-corrected chi connectivity index (χ2v) is 7.84. The minimum absolute atomic E-state index is 0.0454. The molecule has 0 saturated carbocycles. The summed E-state index contributed by atoms with van der Waals surface area (Å²) in [5.74, 6) is -1.28. The largest absolute Gasteiger partial charge is 0.477 e. The molecule has 0 aliphatic carbocycles. The van der Waals surface area contributed by atoms with Crippen molar-refractivity contribution in [3.8, 4) is 0 Å². The zero-order valence-electron chi connectivity index (χ0n) is 10.9. The van der Waals surface area contributed by atoms with Gasteiger partial charge in [0.05, 0.1) is 5.60 Å². The van der Waals surface area contributed by atoms with E-state index >= 15 is 0 Å². The second kappa shape index (κ2) is 5.58. The van der Waals surface area contributed by atoms with Crippen LogP contribution in [0.2, 0.25) is 0 Å². The molecule has 0 radical (unpaired) electrons. The molecule has 1 rings (SSSR count). The van der Waals surface area contributed by atoms with Crippen LogP contribution in [0.25, 0.3) is 0 Å². The van der Waals surface area contributed by atoms with Crippen LogP contribution in [0.1, 0.15) is 30.4 Å². The van der Waals surface area contributed by atoms with E-state index in [-0.39, 0.29) is 21.5 Å². The van der Waals surface area contributed by atoms with Gasteiger partial charge in [0.15, 0.2) is 0 Å². The highest BCUT2D eigenvalue weighted by Crippen LogP contribution is 2.22. The Bertz CT molecular complexity index is 559. The molecule has 0 aromatic carbocycles. The number of carbonyl (C=O) groups is 1. The van der Waals surface area contributed by atoms with E-state index in [1.165, 1.54) is 19.1 Å². The number of rotatable bonds is 6. The van der Waals surface area contributed by atoms with Crippen molar-refractivity contribution in [2.75, 3.05) is 6.54 Å². The lowest BCUT2D eigenvalue weighted by Crippen LogP contribution is -2.44. The molecule has 0 bridgehead atoms. The molecule has 0 spiro atoms. The van der Waals surface area contributed by atoms with Crippen molar-refractivity contribution >= 4 is 27.3 Å². The van der Waals surface area contributed by atoms with Crippen LogP contribution >= 0.6 is 11.3 Å². The fourth-order valence-corrected chi connectivity index (χ4v) is 3.43. The maximum Gasteiger partial charge on any atom is 0.345 e. The lowest BCUT2D eigenvalue weighted by molar-refractivity contribution is 0.0190. The lowest BCUT2D eigenvalue weighted by Gasteiger charge is -2.27. The fourth-order valence-electron chi connectivity index (χ4n) is 1.10. The predicted molar refractivity (Wildman–Crippen MR) is 71.9 cm³/mol. The monoisotopic (exact) mass is 307 g/mol. The molecule has 1 atom stereocenters. The summed E-state index contributed by atoms with van der Waals surface area (Å²) in [5.41, 5.74) is -1.17. The molecule has 3 N–H and O–H groups in total. The molecule has 0 amide bonds. The van der Waals surface area contributed by atoms with Crippen LogP contribution in [0.3, 0.4) is 0 Å². The number of carboxylic acids is 1. The summed E-state index contributed by atoms with van der Waals surface area (Å²) in [6.07, 6.45) is 0.